The van der Waals surface area contributed by atoms with Gasteiger partial charge in [-0.25, -0.2) is 4.79 Å². The predicted octanol–water partition coefficient (Wildman–Crippen LogP) is 0.272. The third-order valence-electron chi connectivity index (χ3n) is 3.10. The normalized spacial score (nSPS) is 20.9. The second-order valence-corrected chi connectivity index (χ2v) is 4.58. The zero-order valence-corrected chi connectivity index (χ0v) is 10.6. The van der Waals surface area contributed by atoms with Crippen molar-refractivity contribution >= 4 is 17.8 Å². The van der Waals surface area contributed by atoms with Crippen LogP contribution in [0.1, 0.15) is 39.0 Å². The lowest BCUT2D eigenvalue weighted by atomic mass is 9.97. The van der Waals surface area contributed by atoms with E-state index in [-0.39, 0.29) is 17.7 Å². The highest BCUT2D eigenvalue weighted by atomic mass is 16.4. The largest absolute Gasteiger partial charge is 0.480 e. The molecule has 0 aromatic carbocycles. The van der Waals surface area contributed by atoms with Gasteiger partial charge in [0.1, 0.15) is 6.04 Å². The van der Waals surface area contributed by atoms with Crippen molar-refractivity contribution in [3.05, 3.63) is 0 Å². The second kappa shape index (κ2) is 6.98. The second-order valence-electron chi connectivity index (χ2n) is 4.58. The van der Waals surface area contributed by atoms with Crippen LogP contribution in [-0.4, -0.2) is 35.5 Å². The molecule has 0 aromatic rings. The first kappa shape index (κ1) is 14.5. The van der Waals surface area contributed by atoms with Gasteiger partial charge < -0.3 is 15.7 Å². The predicted molar refractivity (Wildman–Crippen MR) is 64.8 cm³/mol. The molecule has 6 nitrogen and oxygen atoms in total. The number of hydrogen-bond donors (Lipinski definition) is 3. The van der Waals surface area contributed by atoms with Gasteiger partial charge in [-0.1, -0.05) is 19.8 Å². The first-order chi connectivity index (χ1) is 8.54. The molecule has 1 fully saturated rings. The minimum absolute atomic E-state index is 0.0557. The zero-order chi connectivity index (χ0) is 13.5. The van der Waals surface area contributed by atoms with Crippen molar-refractivity contribution in [2.24, 2.45) is 5.92 Å². The summed E-state index contributed by atoms with van der Waals surface area (Å²) in [5.41, 5.74) is 0. The lowest BCUT2D eigenvalue weighted by molar-refractivity contribution is -0.143. The van der Waals surface area contributed by atoms with E-state index in [9.17, 15) is 14.4 Å². The fourth-order valence-corrected chi connectivity index (χ4v) is 1.91. The first-order valence-corrected chi connectivity index (χ1v) is 6.34. The molecule has 102 valence electrons. The summed E-state index contributed by atoms with van der Waals surface area (Å²) >= 11 is 0. The lowest BCUT2D eigenvalue weighted by Crippen LogP contribution is -2.48. The van der Waals surface area contributed by atoms with Crippen molar-refractivity contribution in [2.75, 3.05) is 6.54 Å². The molecule has 0 saturated carbocycles. The Bertz CT molecular complexity index is 320. The molecule has 1 aliphatic heterocycles. The summed E-state index contributed by atoms with van der Waals surface area (Å²) in [6, 6.07) is -0.824. The average molecular weight is 256 g/mol. The molecule has 0 aliphatic carbocycles. The van der Waals surface area contributed by atoms with E-state index in [0.29, 0.717) is 25.8 Å². The third-order valence-corrected chi connectivity index (χ3v) is 3.10. The number of rotatable bonds is 6. The van der Waals surface area contributed by atoms with Gasteiger partial charge in [0.25, 0.3) is 0 Å². The van der Waals surface area contributed by atoms with Crippen LogP contribution in [0.5, 0.6) is 0 Å². The van der Waals surface area contributed by atoms with Gasteiger partial charge >= 0.3 is 5.97 Å². The van der Waals surface area contributed by atoms with Gasteiger partial charge in [-0.15, -0.1) is 0 Å². The molecule has 0 radical (unpaired) electrons. The summed E-state index contributed by atoms with van der Waals surface area (Å²) in [7, 11) is 0. The number of hydrogen-bond acceptors (Lipinski definition) is 3. The molecule has 3 N–H and O–H groups in total. The van der Waals surface area contributed by atoms with Gasteiger partial charge in [0.05, 0.1) is 5.92 Å². The Hall–Kier alpha value is -1.59. The number of piperidine rings is 1. The van der Waals surface area contributed by atoms with E-state index in [1.165, 1.54) is 0 Å². The summed E-state index contributed by atoms with van der Waals surface area (Å²) in [5, 5.41) is 14.2. The van der Waals surface area contributed by atoms with Crippen molar-refractivity contribution < 1.29 is 19.5 Å². The molecule has 18 heavy (non-hydrogen) atoms. The van der Waals surface area contributed by atoms with E-state index < -0.39 is 12.0 Å². The van der Waals surface area contributed by atoms with Crippen LogP contribution in [-0.2, 0) is 14.4 Å². The summed E-state index contributed by atoms with van der Waals surface area (Å²) in [5.74, 6) is -1.65. The molecular formula is C12H20N2O4. The van der Waals surface area contributed by atoms with Crippen LogP contribution in [0.15, 0.2) is 0 Å². The number of aliphatic carboxylic acids is 1. The fraction of sp³-hybridized carbons (Fsp3) is 0.750. The van der Waals surface area contributed by atoms with Gasteiger partial charge in [0.15, 0.2) is 0 Å². The Morgan fingerprint density at radius 2 is 2.28 bits per heavy atom. The zero-order valence-electron chi connectivity index (χ0n) is 10.6. The molecule has 1 rings (SSSR count). The van der Waals surface area contributed by atoms with Crippen LogP contribution in [0, 0.1) is 5.92 Å². The maximum absolute atomic E-state index is 11.9. The van der Waals surface area contributed by atoms with Crippen molar-refractivity contribution in [3.63, 3.8) is 0 Å². The molecule has 1 saturated heterocycles. The fourth-order valence-electron chi connectivity index (χ4n) is 1.91. The highest BCUT2D eigenvalue weighted by molar-refractivity contribution is 5.87. The topological polar surface area (TPSA) is 95.5 Å². The van der Waals surface area contributed by atoms with Crippen LogP contribution in [0.25, 0.3) is 0 Å². The first-order valence-electron chi connectivity index (χ1n) is 6.34. The Morgan fingerprint density at radius 3 is 2.78 bits per heavy atom. The Kier molecular flexibility index (Phi) is 5.61. The minimum atomic E-state index is -1.00. The summed E-state index contributed by atoms with van der Waals surface area (Å²) in [6.07, 6.45) is 2.90. The lowest BCUT2D eigenvalue weighted by Gasteiger charge is -2.23. The van der Waals surface area contributed by atoms with Crippen LogP contribution >= 0.6 is 0 Å². The highest BCUT2D eigenvalue weighted by Crippen LogP contribution is 2.12. The maximum Gasteiger partial charge on any atom is 0.326 e. The molecule has 2 amide bonds. The van der Waals surface area contributed by atoms with Crippen LogP contribution < -0.4 is 10.6 Å². The summed E-state index contributed by atoms with van der Waals surface area (Å²) in [6.45, 7) is 2.27. The van der Waals surface area contributed by atoms with Gasteiger partial charge in [0, 0.05) is 13.0 Å². The van der Waals surface area contributed by atoms with Gasteiger partial charge in [-0.2, -0.15) is 0 Å². The molecular weight excluding hydrogens is 236 g/mol. The summed E-state index contributed by atoms with van der Waals surface area (Å²) < 4.78 is 0. The number of carboxylic acids is 1. The molecule has 2 atom stereocenters. The van der Waals surface area contributed by atoms with Crippen molar-refractivity contribution in [3.8, 4) is 0 Å². The number of carbonyl (C=O) groups is 3. The Balaban J connectivity index is 2.45. The summed E-state index contributed by atoms with van der Waals surface area (Å²) in [4.78, 5) is 33.8. The Morgan fingerprint density at radius 1 is 1.56 bits per heavy atom. The van der Waals surface area contributed by atoms with E-state index in [4.69, 9.17) is 5.11 Å². The molecule has 1 heterocycles. The smallest absolute Gasteiger partial charge is 0.326 e. The number of amides is 2. The molecule has 0 spiro atoms. The van der Waals surface area contributed by atoms with Crippen LogP contribution in [0.3, 0.4) is 0 Å². The van der Waals surface area contributed by atoms with Gasteiger partial charge in [-0.05, 0) is 12.8 Å². The van der Waals surface area contributed by atoms with Crippen LogP contribution in [0.2, 0.25) is 0 Å². The van der Waals surface area contributed by atoms with E-state index in [0.717, 1.165) is 12.8 Å². The van der Waals surface area contributed by atoms with Crippen LogP contribution in [0.4, 0.5) is 0 Å². The molecule has 0 aromatic heterocycles. The van der Waals surface area contributed by atoms with Crippen molar-refractivity contribution in [1.82, 2.24) is 10.6 Å². The average Bonchev–Trinajstić information content (AvgIpc) is 2.34. The number of carbonyl (C=O) groups excluding carboxylic acids is 2. The minimum Gasteiger partial charge on any atom is -0.480 e. The van der Waals surface area contributed by atoms with Gasteiger partial charge in [-0.3, -0.25) is 9.59 Å². The van der Waals surface area contributed by atoms with Crippen molar-refractivity contribution in [1.29, 1.82) is 0 Å². The SMILES string of the molecule is CCCCC(NC(=O)C1CCC(=O)NC1)C(=O)O. The molecule has 1 aliphatic rings. The van der Waals surface area contributed by atoms with E-state index in [1.54, 1.807) is 0 Å². The number of unbranched alkanes of at least 4 members (excludes halogenated alkanes) is 1. The third kappa shape index (κ3) is 4.35. The number of carboxylic acid groups (broad SMARTS) is 1. The molecule has 2 unspecified atom stereocenters. The molecule has 0 bridgehead atoms. The van der Waals surface area contributed by atoms with E-state index in [2.05, 4.69) is 10.6 Å². The Labute approximate surface area is 106 Å². The maximum atomic E-state index is 11.9. The van der Waals surface area contributed by atoms with E-state index in [1.807, 2.05) is 6.92 Å². The molecule has 6 heteroatoms. The van der Waals surface area contributed by atoms with Gasteiger partial charge in [0.2, 0.25) is 11.8 Å². The quantitative estimate of drug-likeness (QED) is 0.635. The highest BCUT2D eigenvalue weighted by Gasteiger charge is 2.27. The number of nitrogens with one attached hydrogen (secondary N) is 2. The standard InChI is InChI=1S/C12H20N2O4/c1-2-3-4-9(12(17)18)14-11(16)8-5-6-10(15)13-7-8/h8-9H,2-7H2,1H3,(H,13,15)(H,14,16)(H,17,18). The van der Waals surface area contributed by atoms with E-state index >= 15 is 0 Å². The monoisotopic (exact) mass is 256 g/mol. The van der Waals surface area contributed by atoms with Crippen molar-refractivity contribution in [2.45, 2.75) is 45.1 Å².